The smallest absolute Gasteiger partial charge is 0.180 e. The monoisotopic (exact) mass is 543 g/mol. The first kappa shape index (κ1) is 20.9. The van der Waals surface area contributed by atoms with E-state index in [0.717, 1.165) is 60.8 Å². The molecular formula is C25H23ClIN3O. The summed E-state index contributed by atoms with van der Waals surface area (Å²) in [5, 5.41) is 12.1. The van der Waals surface area contributed by atoms with Gasteiger partial charge in [0.05, 0.1) is 5.69 Å². The van der Waals surface area contributed by atoms with Crippen molar-refractivity contribution < 1.29 is 4.73 Å². The summed E-state index contributed by atoms with van der Waals surface area (Å²) >= 11 is 8.70. The van der Waals surface area contributed by atoms with Crippen molar-refractivity contribution in [1.29, 1.82) is 0 Å². The minimum absolute atomic E-state index is 0.800. The second kappa shape index (κ2) is 8.88. The van der Waals surface area contributed by atoms with Crippen LogP contribution in [0.3, 0.4) is 0 Å². The Labute approximate surface area is 201 Å². The van der Waals surface area contributed by atoms with Crippen molar-refractivity contribution >= 4 is 39.8 Å². The molecule has 2 aromatic heterocycles. The molecule has 0 spiro atoms. The van der Waals surface area contributed by atoms with Crippen LogP contribution in [-0.2, 0) is 19.4 Å². The highest BCUT2D eigenvalue weighted by molar-refractivity contribution is 14.1. The molecule has 0 N–H and O–H groups in total. The Morgan fingerprint density at radius 3 is 2.52 bits per heavy atom. The van der Waals surface area contributed by atoms with Crippen LogP contribution in [0, 0.1) is 8.78 Å². The summed E-state index contributed by atoms with van der Waals surface area (Å²) in [6.07, 6.45) is 9.16. The number of piperidine rings is 1. The van der Waals surface area contributed by atoms with E-state index in [4.69, 9.17) is 16.6 Å². The first-order valence-corrected chi connectivity index (χ1v) is 12.1. The SMILES string of the molecule is [O-][n+]1ccc(CN2CCC(=C3c4ccc(Cl)cc4CCc4cc(I)cnc43)CC2)cc1. The van der Waals surface area contributed by atoms with E-state index < -0.39 is 0 Å². The molecule has 2 aliphatic rings. The fourth-order valence-electron chi connectivity index (χ4n) is 4.70. The van der Waals surface area contributed by atoms with Crippen LogP contribution in [0.1, 0.15) is 40.8 Å². The van der Waals surface area contributed by atoms with Gasteiger partial charge >= 0.3 is 0 Å². The molecule has 1 saturated heterocycles. The van der Waals surface area contributed by atoms with Crippen molar-refractivity contribution in [3.8, 4) is 0 Å². The van der Waals surface area contributed by atoms with Crippen LogP contribution >= 0.6 is 34.2 Å². The van der Waals surface area contributed by atoms with Crippen LogP contribution in [0.15, 0.2) is 60.6 Å². The number of aryl methyl sites for hydroxylation is 2. The van der Waals surface area contributed by atoms with E-state index in [-0.39, 0.29) is 0 Å². The lowest BCUT2D eigenvalue weighted by Gasteiger charge is -2.30. The molecule has 0 radical (unpaired) electrons. The molecule has 0 saturated carbocycles. The van der Waals surface area contributed by atoms with E-state index in [1.54, 1.807) is 12.4 Å². The van der Waals surface area contributed by atoms with Crippen LogP contribution < -0.4 is 4.73 Å². The molecule has 31 heavy (non-hydrogen) atoms. The topological polar surface area (TPSA) is 43.1 Å². The second-order valence-corrected chi connectivity index (χ2v) is 9.97. The number of nitrogens with zero attached hydrogens (tertiary/aromatic N) is 3. The summed E-state index contributed by atoms with van der Waals surface area (Å²) < 4.78 is 2.02. The predicted octanol–water partition coefficient (Wildman–Crippen LogP) is 5.17. The lowest BCUT2D eigenvalue weighted by atomic mass is 9.88. The number of likely N-dealkylation sites (tertiary alicyclic amines) is 1. The van der Waals surface area contributed by atoms with Crippen LogP contribution in [0.4, 0.5) is 0 Å². The van der Waals surface area contributed by atoms with Gasteiger partial charge in [0.1, 0.15) is 0 Å². The zero-order valence-electron chi connectivity index (χ0n) is 17.2. The average Bonchev–Trinajstić information content (AvgIpc) is 2.92. The van der Waals surface area contributed by atoms with Crippen molar-refractivity contribution in [2.75, 3.05) is 13.1 Å². The third kappa shape index (κ3) is 4.49. The largest absolute Gasteiger partial charge is 0.619 e. The Bertz CT molecular complexity index is 1090. The molecule has 0 unspecified atom stereocenters. The van der Waals surface area contributed by atoms with Crippen LogP contribution in [0.5, 0.6) is 0 Å². The van der Waals surface area contributed by atoms with Gasteiger partial charge in [-0.15, -0.1) is 0 Å². The molecule has 158 valence electrons. The van der Waals surface area contributed by atoms with Gasteiger partial charge in [0, 0.05) is 52.1 Å². The van der Waals surface area contributed by atoms with Crippen molar-refractivity contribution in [3.63, 3.8) is 0 Å². The molecular weight excluding hydrogens is 521 g/mol. The van der Waals surface area contributed by atoms with Gasteiger partial charge in [-0.25, -0.2) is 0 Å². The Hall–Kier alpha value is -1.96. The maximum Gasteiger partial charge on any atom is 0.180 e. The summed E-state index contributed by atoms with van der Waals surface area (Å²) in [5.74, 6) is 0. The molecule has 3 aromatic rings. The summed E-state index contributed by atoms with van der Waals surface area (Å²) in [4.78, 5) is 7.38. The van der Waals surface area contributed by atoms with Crippen LogP contribution in [0.2, 0.25) is 5.02 Å². The van der Waals surface area contributed by atoms with E-state index in [1.807, 2.05) is 24.4 Å². The second-order valence-electron chi connectivity index (χ2n) is 8.28. The van der Waals surface area contributed by atoms with Crippen LogP contribution in [-0.4, -0.2) is 23.0 Å². The lowest BCUT2D eigenvalue weighted by molar-refractivity contribution is -0.605. The average molecular weight is 544 g/mol. The highest BCUT2D eigenvalue weighted by Crippen LogP contribution is 2.38. The van der Waals surface area contributed by atoms with Crippen molar-refractivity contribution in [2.24, 2.45) is 0 Å². The fraction of sp³-hybridized carbons (Fsp3) is 0.280. The Kier molecular flexibility index (Phi) is 5.99. The van der Waals surface area contributed by atoms with E-state index in [2.05, 4.69) is 45.7 Å². The van der Waals surface area contributed by atoms with Gasteiger partial charge < -0.3 is 5.21 Å². The minimum Gasteiger partial charge on any atom is -0.619 e. The minimum atomic E-state index is 0.800. The highest BCUT2D eigenvalue weighted by Gasteiger charge is 2.25. The summed E-state index contributed by atoms with van der Waals surface area (Å²) in [7, 11) is 0. The zero-order chi connectivity index (χ0) is 21.4. The number of aromatic nitrogens is 2. The maximum absolute atomic E-state index is 11.3. The maximum atomic E-state index is 11.3. The van der Waals surface area contributed by atoms with Gasteiger partial charge in [-0.2, -0.15) is 4.73 Å². The number of pyridine rings is 2. The normalized spacial score (nSPS) is 16.6. The number of hydrogen-bond donors (Lipinski definition) is 0. The highest BCUT2D eigenvalue weighted by atomic mass is 127. The first-order chi connectivity index (χ1) is 15.1. The van der Waals surface area contributed by atoms with E-state index in [9.17, 15) is 5.21 Å². The van der Waals surface area contributed by atoms with Gasteiger partial charge in [-0.3, -0.25) is 9.88 Å². The molecule has 0 atom stereocenters. The quantitative estimate of drug-likeness (QED) is 0.254. The number of halogens is 2. The molecule has 0 bridgehead atoms. The standard InChI is InChI=1S/C25H23ClIN3O/c26-21-3-4-23-19(13-21)1-2-20-14-22(27)15-28-25(20)24(23)18-7-9-29(10-8-18)16-17-5-11-30(31)12-6-17/h3-6,11-15H,1-2,7-10,16H2. The van der Waals surface area contributed by atoms with Gasteiger partial charge in [-0.1, -0.05) is 23.2 Å². The van der Waals surface area contributed by atoms with Crippen molar-refractivity contribution in [1.82, 2.24) is 9.88 Å². The molecule has 6 heteroatoms. The van der Waals surface area contributed by atoms with Crippen LogP contribution in [0.25, 0.3) is 5.57 Å². The summed E-state index contributed by atoms with van der Waals surface area (Å²) in [6, 6.07) is 12.4. The van der Waals surface area contributed by atoms with Crippen molar-refractivity contribution in [2.45, 2.75) is 32.2 Å². The number of rotatable bonds is 2. The zero-order valence-corrected chi connectivity index (χ0v) is 20.1. The molecule has 5 rings (SSSR count). The molecule has 3 heterocycles. The van der Waals surface area contributed by atoms with E-state index >= 15 is 0 Å². The summed E-state index contributed by atoms with van der Waals surface area (Å²) in [6.45, 7) is 2.89. The van der Waals surface area contributed by atoms with Gasteiger partial charge in [0.15, 0.2) is 12.4 Å². The lowest BCUT2D eigenvalue weighted by Crippen LogP contribution is -2.31. The third-order valence-corrected chi connectivity index (χ3v) is 7.09. The molecule has 1 aliphatic heterocycles. The number of fused-ring (bicyclic) bond motifs is 2. The Morgan fingerprint density at radius 2 is 1.74 bits per heavy atom. The summed E-state index contributed by atoms with van der Waals surface area (Å²) in [5.41, 5.74) is 9.08. The molecule has 1 aromatic carbocycles. The first-order valence-electron chi connectivity index (χ1n) is 10.6. The third-order valence-electron chi connectivity index (χ3n) is 6.26. The van der Waals surface area contributed by atoms with Crippen molar-refractivity contribution in [3.05, 3.63) is 102 Å². The molecule has 1 aliphatic carbocycles. The molecule has 4 nitrogen and oxygen atoms in total. The number of benzene rings is 1. The van der Waals surface area contributed by atoms with Gasteiger partial charge in [0.25, 0.3) is 0 Å². The number of hydrogen-bond acceptors (Lipinski definition) is 3. The fourth-order valence-corrected chi connectivity index (χ4v) is 5.41. The Balaban J connectivity index is 1.48. The molecule has 1 fully saturated rings. The van der Waals surface area contributed by atoms with E-state index in [0.29, 0.717) is 0 Å². The Morgan fingerprint density at radius 1 is 1.00 bits per heavy atom. The van der Waals surface area contributed by atoms with Gasteiger partial charge in [-0.05, 0) is 88.7 Å². The van der Waals surface area contributed by atoms with E-state index in [1.165, 1.54) is 37.0 Å². The predicted molar refractivity (Wildman–Crippen MR) is 132 cm³/mol. The molecule has 0 amide bonds. The van der Waals surface area contributed by atoms with Gasteiger partial charge in [0.2, 0.25) is 0 Å².